The van der Waals surface area contributed by atoms with E-state index in [1.54, 1.807) is 6.92 Å². The van der Waals surface area contributed by atoms with Gasteiger partial charge < -0.3 is 10.4 Å². The maximum atomic E-state index is 12.0. The molecule has 0 aliphatic heterocycles. The van der Waals surface area contributed by atoms with Crippen LogP contribution in [-0.2, 0) is 4.79 Å². The second-order valence-corrected chi connectivity index (χ2v) is 4.51. The highest BCUT2D eigenvalue weighted by Gasteiger charge is 2.19. The molecule has 20 heavy (non-hydrogen) atoms. The summed E-state index contributed by atoms with van der Waals surface area (Å²) < 4.78 is 0. The first-order valence-electron chi connectivity index (χ1n) is 6.09. The van der Waals surface area contributed by atoms with Gasteiger partial charge in [0.25, 0.3) is 11.6 Å². The van der Waals surface area contributed by atoms with Crippen molar-refractivity contribution >= 4 is 17.6 Å². The first kappa shape index (κ1) is 15.6. The average Bonchev–Trinajstić information content (AvgIpc) is 2.36. The Bertz CT molecular complexity index is 542. The molecule has 0 fully saturated rings. The predicted molar refractivity (Wildman–Crippen MR) is 71.6 cm³/mol. The molecular formula is C13H16N2O5. The van der Waals surface area contributed by atoms with Gasteiger partial charge in [-0.05, 0) is 26.3 Å². The third-order valence-corrected chi connectivity index (χ3v) is 2.92. The van der Waals surface area contributed by atoms with E-state index in [-0.39, 0.29) is 23.7 Å². The molecule has 0 bridgehead atoms. The molecule has 0 radical (unpaired) electrons. The number of carbonyl (C=O) groups is 2. The Kier molecular flexibility index (Phi) is 5.19. The number of hydrogen-bond donors (Lipinski definition) is 2. The monoisotopic (exact) mass is 280 g/mol. The molecule has 1 rings (SSSR count). The molecule has 1 unspecified atom stereocenters. The minimum absolute atomic E-state index is 0.0463. The number of hydrogen-bond acceptors (Lipinski definition) is 4. The van der Waals surface area contributed by atoms with Crippen molar-refractivity contribution in [2.75, 3.05) is 0 Å². The van der Waals surface area contributed by atoms with E-state index in [9.17, 15) is 19.7 Å². The summed E-state index contributed by atoms with van der Waals surface area (Å²) in [6.07, 6.45) is 0.254. The van der Waals surface area contributed by atoms with Crippen LogP contribution in [0.25, 0.3) is 0 Å². The molecule has 7 heteroatoms. The number of rotatable bonds is 6. The molecule has 0 aromatic heterocycles. The number of carbonyl (C=O) groups excluding carboxylic acids is 1. The van der Waals surface area contributed by atoms with Crippen molar-refractivity contribution in [2.45, 2.75) is 32.7 Å². The van der Waals surface area contributed by atoms with E-state index in [1.807, 2.05) is 0 Å². The lowest BCUT2D eigenvalue weighted by molar-refractivity contribution is -0.385. The zero-order chi connectivity index (χ0) is 15.3. The normalized spacial score (nSPS) is 11.7. The summed E-state index contributed by atoms with van der Waals surface area (Å²) >= 11 is 0. The molecule has 0 saturated carbocycles. The first-order valence-corrected chi connectivity index (χ1v) is 6.09. The van der Waals surface area contributed by atoms with Crippen LogP contribution in [0.3, 0.4) is 0 Å². The van der Waals surface area contributed by atoms with Crippen LogP contribution in [0.5, 0.6) is 0 Å². The van der Waals surface area contributed by atoms with Gasteiger partial charge in [-0.15, -0.1) is 0 Å². The Balaban J connectivity index is 2.80. The lowest BCUT2D eigenvalue weighted by Gasteiger charge is -2.13. The van der Waals surface area contributed by atoms with Crippen LogP contribution in [0.15, 0.2) is 18.2 Å². The van der Waals surface area contributed by atoms with Crippen molar-refractivity contribution in [2.24, 2.45) is 0 Å². The molecule has 0 aliphatic carbocycles. The Labute approximate surface area is 115 Å². The molecule has 0 saturated heterocycles. The number of nitrogens with one attached hydrogen (secondary N) is 1. The Morgan fingerprint density at radius 2 is 2.10 bits per heavy atom. The average molecular weight is 280 g/mol. The lowest BCUT2D eigenvalue weighted by atomic mass is 10.1. The second-order valence-electron chi connectivity index (χ2n) is 4.51. The van der Waals surface area contributed by atoms with Gasteiger partial charge in [0, 0.05) is 29.7 Å². The van der Waals surface area contributed by atoms with Crippen LogP contribution < -0.4 is 5.32 Å². The summed E-state index contributed by atoms with van der Waals surface area (Å²) in [5.74, 6) is -1.37. The van der Waals surface area contributed by atoms with Crippen LogP contribution in [0.1, 0.15) is 35.7 Å². The highest BCUT2D eigenvalue weighted by molar-refractivity contribution is 5.96. The number of nitro groups is 1. The summed E-state index contributed by atoms with van der Waals surface area (Å²) in [6, 6.07) is 3.96. The van der Waals surface area contributed by atoms with Crippen molar-refractivity contribution in [3.05, 3.63) is 39.4 Å². The molecule has 1 atom stereocenters. The molecular weight excluding hydrogens is 264 g/mol. The van der Waals surface area contributed by atoms with Gasteiger partial charge in [0.05, 0.1) is 4.92 Å². The zero-order valence-corrected chi connectivity index (χ0v) is 11.3. The van der Waals surface area contributed by atoms with Gasteiger partial charge in [-0.2, -0.15) is 0 Å². The molecule has 2 N–H and O–H groups in total. The van der Waals surface area contributed by atoms with Crippen molar-refractivity contribution in [1.29, 1.82) is 0 Å². The highest BCUT2D eigenvalue weighted by Crippen LogP contribution is 2.21. The standard InChI is InChI=1S/C13H16N2O5/c1-8(6-7-12(16)17)14-13(18)10-4-3-5-11(9(10)2)15(19)20/h3-5,8H,6-7H2,1-2H3,(H,14,18)(H,16,17). The van der Waals surface area contributed by atoms with Crippen LogP contribution in [0, 0.1) is 17.0 Å². The van der Waals surface area contributed by atoms with Gasteiger partial charge in [-0.1, -0.05) is 6.07 Å². The van der Waals surface area contributed by atoms with Gasteiger partial charge in [-0.3, -0.25) is 19.7 Å². The molecule has 7 nitrogen and oxygen atoms in total. The summed E-state index contributed by atoms with van der Waals surface area (Å²) in [5.41, 5.74) is 0.401. The fourth-order valence-electron chi connectivity index (χ4n) is 1.78. The largest absolute Gasteiger partial charge is 0.481 e. The van der Waals surface area contributed by atoms with Crippen LogP contribution in [-0.4, -0.2) is 27.9 Å². The molecule has 1 aromatic carbocycles. The van der Waals surface area contributed by atoms with E-state index in [0.717, 1.165) is 0 Å². The van der Waals surface area contributed by atoms with E-state index in [0.29, 0.717) is 12.0 Å². The Morgan fingerprint density at radius 1 is 1.45 bits per heavy atom. The smallest absolute Gasteiger partial charge is 0.303 e. The Morgan fingerprint density at radius 3 is 2.65 bits per heavy atom. The zero-order valence-electron chi connectivity index (χ0n) is 11.3. The topological polar surface area (TPSA) is 110 Å². The molecule has 108 valence electrons. The van der Waals surface area contributed by atoms with E-state index in [2.05, 4.69) is 5.32 Å². The summed E-state index contributed by atoms with van der Waals surface area (Å²) in [6.45, 7) is 3.20. The third kappa shape index (κ3) is 4.04. The molecule has 1 aromatic rings. The number of aliphatic carboxylic acids is 1. The summed E-state index contributed by atoms with van der Waals surface area (Å²) in [7, 11) is 0. The minimum atomic E-state index is -0.933. The molecule has 0 spiro atoms. The minimum Gasteiger partial charge on any atom is -0.481 e. The van der Waals surface area contributed by atoms with Gasteiger partial charge in [0.2, 0.25) is 0 Å². The fourth-order valence-corrected chi connectivity index (χ4v) is 1.78. The first-order chi connectivity index (χ1) is 9.32. The van der Waals surface area contributed by atoms with Gasteiger partial charge in [0.1, 0.15) is 0 Å². The lowest BCUT2D eigenvalue weighted by Crippen LogP contribution is -2.33. The predicted octanol–water partition coefficient (Wildman–Crippen LogP) is 1.89. The van der Waals surface area contributed by atoms with Crippen molar-refractivity contribution < 1.29 is 19.6 Å². The summed E-state index contributed by atoms with van der Waals surface area (Å²) in [5, 5.41) is 22.0. The maximum Gasteiger partial charge on any atom is 0.303 e. The van der Waals surface area contributed by atoms with Crippen molar-refractivity contribution in [3.63, 3.8) is 0 Å². The number of benzene rings is 1. The second kappa shape index (κ2) is 6.65. The number of carboxylic acid groups (broad SMARTS) is 1. The molecule has 0 heterocycles. The fraction of sp³-hybridized carbons (Fsp3) is 0.385. The number of nitrogens with zero attached hydrogens (tertiary/aromatic N) is 1. The van der Waals surface area contributed by atoms with E-state index in [4.69, 9.17) is 5.11 Å². The SMILES string of the molecule is Cc1c(C(=O)NC(C)CCC(=O)O)cccc1[N+](=O)[O-]. The van der Waals surface area contributed by atoms with E-state index < -0.39 is 16.8 Å². The number of nitro benzene ring substituents is 1. The van der Waals surface area contributed by atoms with Crippen molar-refractivity contribution in [1.82, 2.24) is 5.32 Å². The van der Waals surface area contributed by atoms with Crippen molar-refractivity contribution in [3.8, 4) is 0 Å². The van der Waals surface area contributed by atoms with E-state index in [1.165, 1.54) is 25.1 Å². The Hall–Kier alpha value is -2.44. The number of amides is 1. The molecule has 0 aliphatic rings. The summed E-state index contributed by atoms with van der Waals surface area (Å²) in [4.78, 5) is 32.7. The van der Waals surface area contributed by atoms with Crippen LogP contribution >= 0.6 is 0 Å². The van der Waals surface area contributed by atoms with Crippen LogP contribution in [0.2, 0.25) is 0 Å². The number of carboxylic acids is 1. The maximum absolute atomic E-state index is 12.0. The van der Waals surface area contributed by atoms with Gasteiger partial charge in [0.15, 0.2) is 0 Å². The van der Waals surface area contributed by atoms with Gasteiger partial charge in [-0.25, -0.2) is 0 Å². The molecule has 1 amide bonds. The highest BCUT2D eigenvalue weighted by atomic mass is 16.6. The van der Waals surface area contributed by atoms with Gasteiger partial charge >= 0.3 is 5.97 Å². The van der Waals surface area contributed by atoms with E-state index >= 15 is 0 Å². The quantitative estimate of drug-likeness (QED) is 0.610. The third-order valence-electron chi connectivity index (χ3n) is 2.92. The van der Waals surface area contributed by atoms with Crippen LogP contribution in [0.4, 0.5) is 5.69 Å².